The van der Waals surface area contributed by atoms with E-state index in [0.717, 1.165) is 6.07 Å². The summed E-state index contributed by atoms with van der Waals surface area (Å²) in [5.74, 6) is -1.49. The maximum atomic E-state index is 14.0. The van der Waals surface area contributed by atoms with Crippen LogP contribution in [0.4, 0.5) is 8.78 Å². The van der Waals surface area contributed by atoms with Crippen molar-refractivity contribution in [3.8, 4) is 5.75 Å². The number of ether oxygens (including phenoxy) is 1. The van der Waals surface area contributed by atoms with Crippen molar-refractivity contribution in [2.75, 3.05) is 6.61 Å². The number of carbonyl (C=O) groups is 2. The van der Waals surface area contributed by atoms with Gasteiger partial charge in [-0.05, 0) is 62.3 Å². The Morgan fingerprint density at radius 1 is 1.06 bits per heavy atom. The van der Waals surface area contributed by atoms with Gasteiger partial charge in [-0.2, -0.15) is 0 Å². The summed E-state index contributed by atoms with van der Waals surface area (Å²) in [6.07, 6.45) is 3.49. The first kappa shape index (κ1) is 22.5. The number of carbonyl (C=O) groups excluding carboxylic acids is 2. The molecule has 2 amide bonds. The number of halogens is 3. The Morgan fingerprint density at radius 2 is 1.78 bits per heavy atom. The van der Waals surface area contributed by atoms with Gasteiger partial charge in [0.1, 0.15) is 17.4 Å². The van der Waals surface area contributed by atoms with Crippen molar-refractivity contribution in [1.82, 2.24) is 10.6 Å². The molecule has 3 aliphatic rings. The zero-order valence-corrected chi connectivity index (χ0v) is 18.5. The molecule has 3 aliphatic carbocycles. The van der Waals surface area contributed by atoms with Crippen molar-refractivity contribution in [3.05, 3.63) is 64.7 Å². The minimum atomic E-state index is -0.606. The van der Waals surface area contributed by atoms with Gasteiger partial charge in [-0.3, -0.25) is 9.59 Å². The highest BCUT2D eigenvalue weighted by molar-refractivity contribution is 6.30. The lowest BCUT2D eigenvalue weighted by molar-refractivity contribution is -0.128. The maximum absolute atomic E-state index is 14.0. The number of benzene rings is 2. The first-order valence-electron chi connectivity index (χ1n) is 10.7. The standard InChI is InChI=1S/C24H25ClF2N2O3/c1-15-13-23(29-22(31)17-4-2-3-5-19(17)26)8-10-24(15,11-9-23)28-21(30)14-32-16-6-7-18(25)20(27)12-16/h2-7,12,15H,8-11,13-14H2,1H3,(H,28,30)(H,29,31)/t15-,23?,24?/m0/s1. The fourth-order valence-electron chi connectivity index (χ4n) is 5.06. The largest absolute Gasteiger partial charge is 0.484 e. The second kappa shape index (κ2) is 8.70. The van der Waals surface area contributed by atoms with Crippen LogP contribution in [0.3, 0.4) is 0 Å². The molecule has 2 aromatic carbocycles. The van der Waals surface area contributed by atoms with E-state index >= 15 is 0 Å². The lowest BCUT2D eigenvalue weighted by Gasteiger charge is -2.57. The van der Waals surface area contributed by atoms with Crippen LogP contribution >= 0.6 is 11.6 Å². The summed E-state index contributed by atoms with van der Waals surface area (Å²) < 4.78 is 33.0. The van der Waals surface area contributed by atoms with Crippen LogP contribution in [0, 0.1) is 17.6 Å². The lowest BCUT2D eigenvalue weighted by atomic mass is 9.56. The van der Waals surface area contributed by atoms with E-state index in [1.807, 2.05) is 0 Å². The van der Waals surface area contributed by atoms with Crippen LogP contribution in [0.1, 0.15) is 49.4 Å². The molecule has 0 saturated heterocycles. The molecule has 0 radical (unpaired) electrons. The van der Waals surface area contributed by atoms with Crippen LogP contribution in [0.25, 0.3) is 0 Å². The number of hydrogen-bond donors (Lipinski definition) is 2. The molecule has 0 heterocycles. The van der Waals surface area contributed by atoms with Crippen LogP contribution in [0.2, 0.25) is 5.02 Å². The lowest BCUT2D eigenvalue weighted by Crippen LogP contribution is -2.67. The zero-order chi connectivity index (χ0) is 22.9. The van der Waals surface area contributed by atoms with Crippen molar-refractivity contribution < 1.29 is 23.1 Å². The number of amides is 2. The minimum Gasteiger partial charge on any atom is -0.484 e. The Hall–Kier alpha value is -2.67. The summed E-state index contributed by atoms with van der Waals surface area (Å²) in [4.78, 5) is 25.2. The van der Waals surface area contributed by atoms with E-state index in [0.29, 0.717) is 32.1 Å². The Labute approximate surface area is 190 Å². The summed E-state index contributed by atoms with van der Waals surface area (Å²) in [6, 6.07) is 9.98. The Balaban J connectivity index is 1.35. The summed E-state index contributed by atoms with van der Waals surface area (Å²) in [5, 5.41) is 6.18. The van der Waals surface area contributed by atoms with Crippen molar-refractivity contribution in [3.63, 3.8) is 0 Å². The van der Waals surface area contributed by atoms with Crippen molar-refractivity contribution >= 4 is 23.4 Å². The normalized spacial score (nSPS) is 26.4. The molecule has 2 aromatic rings. The van der Waals surface area contributed by atoms with E-state index in [-0.39, 0.29) is 40.3 Å². The highest BCUT2D eigenvalue weighted by Crippen LogP contribution is 2.50. The molecule has 0 aliphatic heterocycles. The Bertz CT molecular complexity index is 1040. The van der Waals surface area contributed by atoms with E-state index in [9.17, 15) is 18.4 Å². The molecule has 1 atom stereocenters. The van der Waals surface area contributed by atoms with Gasteiger partial charge in [-0.1, -0.05) is 30.7 Å². The SMILES string of the molecule is C[C@H]1CC2(NC(=O)c3ccccc3F)CCC1(NC(=O)COc1ccc(Cl)c(F)c1)CC2. The molecule has 0 spiro atoms. The predicted molar refractivity (Wildman–Crippen MR) is 117 cm³/mol. The molecule has 8 heteroatoms. The van der Waals surface area contributed by atoms with Gasteiger partial charge in [0.05, 0.1) is 10.6 Å². The fraction of sp³-hybridized carbons (Fsp3) is 0.417. The number of nitrogens with one attached hydrogen (secondary N) is 2. The monoisotopic (exact) mass is 462 g/mol. The third kappa shape index (κ3) is 4.44. The van der Waals surface area contributed by atoms with Gasteiger partial charge < -0.3 is 15.4 Å². The van der Waals surface area contributed by atoms with Gasteiger partial charge >= 0.3 is 0 Å². The van der Waals surface area contributed by atoms with Crippen molar-refractivity contribution in [2.24, 2.45) is 5.92 Å². The summed E-state index contributed by atoms with van der Waals surface area (Å²) >= 11 is 5.66. The third-order valence-corrected chi connectivity index (χ3v) is 7.19. The second-order valence-corrected chi connectivity index (χ2v) is 9.30. The summed E-state index contributed by atoms with van der Waals surface area (Å²) in [6.45, 7) is 1.82. The molecule has 3 fully saturated rings. The van der Waals surface area contributed by atoms with E-state index in [2.05, 4.69) is 17.6 Å². The smallest absolute Gasteiger partial charge is 0.258 e. The highest BCUT2D eigenvalue weighted by atomic mass is 35.5. The Kier molecular flexibility index (Phi) is 6.12. The predicted octanol–water partition coefficient (Wildman–Crippen LogP) is 4.63. The van der Waals surface area contributed by atoms with Crippen molar-refractivity contribution in [1.29, 1.82) is 0 Å². The van der Waals surface area contributed by atoms with E-state index < -0.39 is 23.1 Å². The van der Waals surface area contributed by atoms with Gasteiger partial charge in [0.15, 0.2) is 6.61 Å². The summed E-state index contributed by atoms with van der Waals surface area (Å²) in [7, 11) is 0. The quantitative estimate of drug-likeness (QED) is 0.657. The molecule has 170 valence electrons. The molecule has 2 N–H and O–H groups in total. The molecule has 3 saturated carbocycles. The van der Waals surface area contributed by atoms with E-state index in [1.54, 1.807) is 12.1 Å². The molecular weight excluding hydrogens is 438 g/mol. The van der Waals surface area contributed by atoms with Gasteiger partial charge in [0.2, 0.25) is 0 Å². The Morgan fingerprint density at radius 3 is 2.44 bits per heavy atom. The first-order valence-corrected chi connectivity index (χ1v) is 11.1. The highest BCUT2D eigenvalue weighted by Gasteiger charge is 2.54. The van der Waals surface area contributed by atoms with Gasteiger partial charge in [-0.25, -0.2) is 8.78 Å². The van der Waals surface area contributed by atoms with Gasteiger partial charge in [0.25, 0.3) is 11.8 Å². The number of hydrogen-bond acceptors (Lipinski definition) is 3. The van der Waals surface area contributed by atoms with Crippen LogP contribution in [-0.4, -0.2) is 29.5 Å². The van der Waals surface area contributed by atoms with E-state index in [4.69, 9.17) is 16.3 Å². The molecule has 2 bridgehead atoms. The molecule has 32 heavy (non-hydrogen) atoms. The average Bonchev–Trinajstić information content (AvgIpc) is 2.76. The number of rotatable bonds is 6. The summed E-state index contributed by atoms with van der Waals surface area (Å²) in [5.41, 5.74) is -0.736. The van der Waals surface area contributed by atoms with Crippen LogP contribution in [0.15, 0.2) is 42.5 Å². The number of fused-ring (bicyclic) bond motifs is 3. The fourth-order valence-corrected chi connectivity index (χ4v) is 5.18. The topological polar surface area (TPSA) is 67.4 Å². The molecule has 0 aromatic heterocycles. The van der Waals surface area contributed by atoms with Crippen LogP contribution in [-0.2, 0) is 4.79 Å². The minimum absolute atomic E-state index is 0.00972. The van der Waals surface area contributed by atoms with Gasteiger partial charge in [0, 0.05) is 17.1 Å². The molecular formula is C24H25ClF2N2O3. The van der Waals surface area contributed by atoms with Crippen LogP contribution in [0.5, 0.6) is 5.75 Å². The molecule has 5 rings (SSSR count). The van der Waals surface area contributed by atoms with Crippen molar-refractivity contribution in [2.45, 2.75) is 50.1 Å². The third-order valence-electron chi connectivity index (χ3n) is 6.89. The maximum Gasteiger partial charge on any atom is 0.258 e. The zero-order valence-electron chi connectivity index (χ0n) is 17.7. The average molecular weight is 463 g/mol. The van der Waals surface area contributed by atoms with Crippen LogP contribution < -0.4 is 15.4 Å². The molecule has 5 nitrogen and oxygen atoms in total. The second-order valence-electron chi connectivity index (χ2n) is 8.89. The van der Waals surface area contributed by atoms with Gasteiger partial charge in [-0.15, -0.1) is 0 Å². The first-order chi connectivity index (χ1) is 15.2. The van der Waals surface area contributed by atoms with E-state index in [1.165, 1.54) is 24.3 Å². The molecule has 0 unspecified atom stereocenters.